The molecule has 8 rings (SSSR count). The highest BCUT2D eigenvalue weighted by atomic mass is 15.0. The van der Waals surface area contributed by atoms with Crippen LogP contribution in [0.2, 0.25) is 0 Å². The third kappa shape index (κ3) is 6.69. The van der Waals surface area contributed by atoms with Gasteiger partial charge >= 0.3 is 0 Å². The minimum Gasteiger partial charge on any atom is -0.292 e. The van der Waals surface area contributed by atoms with Gasteiger partial charge in [-0.3, -0.25) is 4.99 Å². The zero-order valence-corrected chi connectivity index (χ0v) is 27.6. The van der Waals surface area contributed by atoms with Crippen LogP contribution in [0.3, 0.4) is 0 Å². The second-order valence-electron chi connectivity index (χ2n) is 12.6. The summed E-state index contributed by atoms with van der Waals surface area (Å²) in [7, 11) is 0. The van der Waals surface area contributed by atoms with Crippen molar-refractivity contribution >= 4 is 33.8 Å². The Bertz CT molecular complexity index is 2360. The van der Waals surface area contributed by atoms with Crippen molar-refractivity contribution in [2.24, 2.45) is 10.9 Å². The maximum absolute atomic E-state index is 5.15. The first-order valence-corrected chi connectivity index (χ1v) is 17.2. The first-order valence-electron chi connectivity index (χ1n) is 17.2. The molecule has 6 aromatic rings. The summed E-state index contributed by atoms with van der Waals surface area (Å²) in [6, 6.07) is 38.5. The number of benzene rings is 5. The molecule has 1 aliphatic heterocycles. The Balaban J connectivity index is 1.22. The number of rotatable bonds is 6. The van der Waals surface area contributed by atoms with Crippen LogP contribution >= 0.6 is 0 Å². The van der Waals surface area contributed by atoms with Gasteiger partial charge in [-0.2, -0.15) is 0 Å². The number of allylic oxidation sites excluding steroid dienone is 10. The predicted molar refractivity (Wildman–Crippen MR) is 209 cm³/mol. The molecule has 240 valence electrons. The summed E-state index contributed by atoms with van der Waals surface area (Å²) in [5.41, 5.74) is 4.41. The minimum atomic E-state index is 0.169. The molecule has 0 saturated heterocycles. The summed E-state index contributed by atoms with van der Waals surface area (Å²) in [5.74, 6) is 2.51. The van der Waals surface area contributed by atoms with Gasteiger partial charge in [0, 0.05) is 41.6 Å². The van der Waals surface area contributed by atoms with Gasteiger partial charge in [0.05, 0.1) is 0 Å². The van der Waals surface area contributed by atoms with Crippen molar-refractivity contribution in [3.63, 3.8) is 0 Å². The lowest BCUT2D eigenvalue weighted by Gasteiger charge is -2.21. The Morgan fingerprint density at radius 1 is 0.540 bits per heavy atom. The van der Waals surface area contributed by atoms with Gasteiger partial charge in [0.25, 0.3) is 0 Å². The van der Waals surface area contributed by atoms with E-state index in [1.165, 1.54) is 21.9 Å². The summed E-state index contributed by atoms with van der Waals surface area (Å²) >= 11 is 0. The van der Waals surface area contributed by atoms with E-state index in [-0.39, 0.29) is 17.8 Å². The molecule has 2 heterocycles. The standard InChI is InChI=1S/C46H36N4/c1-2-5-19-38(32-47-30-14-3-1)33-24-26-36(27-25-33)45-48-44(29-28-35-17-8-10-20-39(35)34-15-6-4-7-16-34)49-46(50-45)43-31-37-18-9-11-21-40(37)41-22-12-13-23-42(41)43/h1-31,35,38-39H,32H2/b2-1-,14-3-,19-5+,29-28+,47-30+. The maximum atomic E-state index is 5.15. The molecule has 0 radical (unpaired) electrons. The van der Waals surface area contributed by atoms with Gasteiger partial charge in [-0.25, -0.2) is 15.0 Å². The van der Waals surface area contributed by atoms with Crippen molar-refractivity contribution in [2.75, 3.05) is 6.54 Å². The fourth-order valence-electron chi connectivity index (χ4n) is 6.80. The van der Waals surface area contributed by atoms with Gasteiger partial charge in [0.15, 0.2) is 17.5 Å². The summed E-state index contributed by atoms with van der Waals surface area (Å²) < 4.78 is 0. The van der Waals surface area contributed by atoms with Gasteiger partial charge in [0.2, 0.25) is 0 Å². The Morgan fingerprint density at radius 2 is 1.24 bits per heavy atom. The molecule has 0 amide bonds. The quantitative estimate of drug-likeness (QED) is 0.170. The summed E-state index contributed by atoms with van der Waals surface area (Å²) in [6.07, 6.45) is 27.2. The van der Waals surface area contributed by atoms with Crippen molar-refractivity contribution < 1.29 is 0 Å². The largest absolute Gasteiger partial charge is 0.292 e. The monoisotopic (exact) mass is 644 g/mol. The molecule has 1 aliphatic carbocycles. The molecule has 4 nitrogen and oxygen atoms in total. The van der Waals surface area contributed by atoms with E-state index in [2.05, 4.69) is 169 Å². The highest BCUT2D eigenvalue weighted by molar-refractivity contribution is 6.13. The lowest BCUT2D eigenvalue weighted by atomic mass is 9.83. The zero-order chi connectivity index (χ0) is 33.5. The Kier molecular flexibility index (Phi) is 8.98. The third-order valence-electron chi connectivity index (χ3n) is 9.37. The van der Waals surface area contributed by atoms with Gasteiger partial charge < -0.3 is 0 Å². The van der Waals surface area contributed by atoms with Crippen LogP contribution in [0, 0.1) is 5.92 Å². The SMILES string of the molecule is C1=CC(/C=C/c2nc(-c3ccc(C4/C=C/C=C\C=C/C=N/C4)cc3)nc(-c3cc4ccccc4c4ccccc34)n2)C(c2ccccc2)C=C1. The van der Waals surface area contributed by atoms with Crippen LogP contribution in [0.5, 0.6) is 0 Å². The van der Waals surface area contributed by atoms with Crippen LogP contribution in [-0.4, -0.2) is 27.7 Å². The van der Waals surface area contributed by atoms with Crippen molar-refractivity contribution in [2.45, 2.75) is 11.8 Å². The van der Waals surface area contributed by atoms with E-state index in [0.29, 0.717) is 24.0 Å². The van der Waals surface area contributed by atoms with Crippen LogP contribution in [-0.2, 0) is 0 Å². The smallest absolute Gasteiger partial charge is 0.164 e. The molecule has 4 heteroatoms. The molecule has 3 unspecified atom stereocenters. The van der Waals surface area contributed by atoms with Gasteiger partial charge in [-0.1, -0.05) is 164 Å². The average Bonchev–Trinajstić information content (AvgIpc) is 3.19. The van der Waals surface area contributed by atoms with Crippen molar-refractivity contribution in [3.05, 3.63) is 193 Å². The molecule has 0 fully saturated rings. The third-order valence-corrected chi connectivity index (χ3v) is 9.37. The average molecular weight is 645 g/mol. The molecular weight excluding hydrogens is 609 g/mol. The predicted octanol–water partition coefficient (Wildman–Crippen LogP) is 10.9. The molecule has 0 N–H and O–H groups in total. The van der Waals surface area contributed by atoms with Crippen molar-refractivity contribution in [1.82, 2.24) is 15.0 Å². The normalized spacial score (nSPS) is 21.3. The molecule has 5 aromatic carbocycles. The number of nitrogens with zero attached hydrogens (tertiary/aromatic N) is 4. The second kappa shape index (κ2) is 14.5. The molecule has 0 saturated carbocycles. The highest BCUT2D eigenvalue weighted by Gasteiger charge is 2.19. The number of hydrogen-bond acceptors (Lipinski definition) is 4. The first kappa shape index (κ1) is 31.0. The number of aromatic nitrogens is 3. The molecule has 1 aromatic heterocycles. The molecule has 50 heavy (non-hydrogen) atoms. The van der Waals surface area contributed by atoms with Crippen LogP contribution in [0.25, 0.3) is 50.4 Å². The fourth-order valence-corrected chi connectivity index (χ4v) is 6.80. The van der Waals surface area contributed by atoms with E-state index < -0.39 is 0 Å². The molecule has 0 bridgehead atoms. The van der Waals surface area contributed by atoms with Crippen LogP contribution < -0.4 is 0 Å². The maximum Gasteiger partial charge on any atom is 0.164 e. The first-order chi connectivity index (χ1) is 24.8. The zero-order valence-electron chi connectivity index (χ0n) is 27.6. The molecular formula is C46H36N4. The second-order valence-corrected chi connectivity index (χ2v) is 12.6. The van der Waals surface area contributed by atoms with Gasteiger partial charge in [-0.15, -0.1) is 0 Å². The van der Waals surface area contributed by atoms with Crippen LogP contribution in [0.1, 0.15) is 28.8 Å². The number of fused-ring (bicyclic) bond motifs is 3. The van der Waals surface area contributed by atoms with Gasteiger partial charge in [-0.05, 0) is 50.9 Å². The summed E-state index contributed by atoms with van der Waals surface area (Å²) in [5, 5.41) is 4.67. The summed E-state index contributed by atoms with van der Waals surface area (Å²) in [6.45, 7) is 0.683. The fraction of sp³-hybridized carbons (Fsp3) is 0.0870. The molecule has 3 atom stereocenters. The topological polar surface area (TPSA) is 51.0 Å². The Labute approximate surface area is 293 Å². The van der Waals surface area contributed by atoms with Crippen LogP contribution in [0.4, 0.5) is 0 Å². The van der Waals surface area contributed by atoms with Gasteiger partial charge in [0.1, 0.15) is 0 Å². The van der Waals surface area contributed by atoms with E-state index in [4.69, 9.17) is 15.0 Å². The molecule has 0 spiro atoms. The van der Waals surface area contributed by atoms with E-state index in [1.807, 2.05) is 24.4 Å². The van der Waals surface area contributed by atoms with Crippen LogP contribution in [0.15, 0.2) is 181 Å². The van der Waals surface area contributed by atoms with Crippen molar-refractivity contribution in [1.29, 1.82) is 0 Å². The lowest BCUT2D eigenvalue weighted by molar-refractivity contribution is 0.701. The number of aliphatic imine (C=N–C) groups is 1. The highest BCUT2D eigenvalue weighted by Crippen LogP contribution is 2.35. The minimum absolute atomic E-state index is 0.169. The molecule has 2 aliphatic rings. The Hall–Kier alpha value is -6.26. The van der Waals surface area contributed by atoms with E-state index in [0.717, 1.165) is 21.9 Å². The lowest BCUT2D eigenvalue weighted by Crippen LogP contribution is -2.09. The van der Waals surface area contributed by atoms with E-state index in [9.17, 15) is 0 Å². The number of hydrogen-bond donors (Lipinski definition) is 0. The van der Waals surface area contributed by atoms with Crippen molar-refractivity contribution in [3.8, 4) is 22.8 Å². The van der Waals surface area contributed by atoms with E-state index >= 15 is 0 Å². The Morgan fingerprint density at radius 3 is 2.12 bits per heavy atom. The summed E-state index contributed by atoms with van der Waals surface area (Å²) in [4.78, 5) is 19.9. The van der Waals surface area contributed by atoms with E-state index in [1.54, 1.807) is 0 Å².